The van der Waals surface area contributed by atoms with Crippen LogP contribution in [0.15, 0.2) is 12.1 Å². The van der Waals surface area contributed by atoms with Crippen molar-refractivity contribution in [2.24, 2.45) is 11.7 Å². The molecule has 1 fully saturated rings. The highest BCUT2D eigenvalue weighted by Crippen LogP contribution is 2.31. The summed E-state index contributed by atoms with van der Waals surface area (Å²) < 4.78 is 36.9. The van der Waals surface area contributed by atoms with Gasteiger partial charge in [-0.1, -0.05) is 13.8 Å². The Hall–Kier alpha value is -1.37. The molecule has 0 radical (unpaired) electrons. The van der Waals surface area contributed by atoms with E-state index in [0.29, 0.717) is 24.8 Å². The van der Waals surface area contributed by atoms with Crippen molar-refractivity contribution >= 4 is 5.82 Å². The fourth-order valence-electron chi connectivity index (χ4n) is 1.84. The van der Waals surface area contributed by atoms with Gasteiger partial charge in [-0.05, 0) is 18.1 Å². The van der Waals surface area contributed by atoms with E-state index < -0.39 is 11.9 Å². The highest BCUT2D eigenvalue weighted by Gasteiger charge is 2.43. The molecule has 1 aliphatic rings. The Balaban J connectivity index is 2.05. The molecule has 0 atom stereocenters. The maximum absolute atomic E-state index is 12.3. The molecule has 0 aromatic carbocycles. The van der Waals surface area contributed by atoms with Crippen molar-refractivity contribution in [1.29, 1.82) is 0 Å². The van der Waals surface area contributed by atoms with Gasteiger partial charge >= 0.3 is 6.18 Å². The van der Waals surface area contributed by atoms with Crippen molar-refractivity contribution in [3.63, 3.8) is 0 Å². The Morgan fingerprint density at radius 2 is 1.89 bits per heavy atom. The second-order valence-electron chi connectivity index (χ2n) is 5.02. The van der Waals surface area contributed by atoms with Crippen LogP contribution in [0, 0.1) is 5.92 Å². The Kier molecular flexibility index (Phi) is 2.96. The van der Waals surface area contributed by atoms with Crippen LogP contribution in [0.1, 0.15) is 19.5 Å². The number of nitrogens with two attached hydrogens (primary N) is 1. The number of alkyl halides is 3. The van der Waals surface area contributed by atoms with Crippen LogP contribution in [-0.2, 0) is 6.18 Å². The van der Waals surface area contributed by atoms with Crippen LogP contribution in [0.5, 0.6) is 0 Å². The molecule has 0 aliphatic carbocycles. The molecule has 7 heteroatoms. The third-order valence-electron chi connectivity index (χ3n) is 3.39. The molecule has 0 bridgehead atoms. The lowest BCUT2D eigenvalue weighted by Crippen LogP contribution is -2.70. The van der Waals surface area contributed by atoms with Gasteiger partial charge in [-0.2, -0.15) is 13.2 Å². The average molecular weight is 260 g/mol. The van der Waals surface area contributed by atoms with Crippen LogP contribution < -0.4 is 10.6 Å². The van der Waals surface area contributed by atoms with Crippen LogP contribution in [0.2, 0.25) is 0 Å². The molecule has 0 spiro atoms. The highest BCUT2D eigenvalue weighted by molar-refractivity contribution is 5.44. The molecule has 2 N–H and O–H groups in total. The summed E-state index contributed by atoms with van der Waals surface area (Å²) in [7, 11) is 0. The van der Waals surface area contributed by atoms with Crippen LogP contribution >= 0.6 is 0 Å². The fourth-order valence-corrected chi connectivity index (χ4v) is 1.84. The molecule has 2 rings (SSSR count). The van der Waals surface area contributed by atoms with Crippen molar-refractivity contribution in [3.8, 4) is 0 Å². The predicted molar refractivity (Wildman–Crippen MR) is 61.0 cm³/mol. The second-order valence-corrected chi connectivity index (χ2v) is 5.02. The first kappa shape index (κ1) is 13.1. The molecule has 0 unspecified atom stereocenters. The number of rotatable bonds is 2. The van der Waals surface area contributed by atoms with Gasteiger partial charge in [0.1, 0.15) is 0 Å². The number of hydrogen-bond acceptors (Lipinski definition) is 4. The topological polar surface area (TPSA) is 55.0 Å². The van der Waals surface area contributed by atoms with Crippen molar-refractivity contribution in [2.45, 2.75) is 25.6 Å². The zero-order chi connectivity index (χ0) is 13.6. The van der Waals surface area contributed by atoms with Crippen LogP contribution in [0.3, 0.4) is 0 Å². The molecular formula is C11H15F3N4. The molecule has 18 heavy (non-hydrogen) atoms. The lowest BCUT2D eigenvalue weighted by atomic mass is 9.80. The predicted octanol–water partition coefficient (Wildman–Crippen LogP) is 1.67. The maximum Gasteiger partial charge on any atom is 0.435 e. The van der Waals surface area contributed by atoms with E-state index in [4.69, 9.17) is 5.73 Å². The number of halogens is 3. The van der Waals surface area contributed by atoms with E-state index >= 15 is 0 Å². The van der Waals surface area contributed by atoms with Gasteiger partial charge in [0, 0.05) is 13.1 Å². The fraction of sp³-hybridized carbons (Fsp3) is 0.636. The molecule has 0 amide bonds. The van der Waals surface area contributed by atoms with E-state index in [2.05, 4.69) is 10.2 Å². The highest BCUT2D eigenvalue weighted by atomic mass is 19.4. The molecule has 1 aromatic rings. The van der Waals surface area contributed by atoms with Gasteiger partial charge in [0.2, 0.25) is 0 Å². The van der Waals surface area contributed by atoms with Crippen LogP contribution in [0.25, 0.3) is 0 Å². The number of aromatic nitrogens is 2. The number of nitrogens with zero attached hydrogens (tertiary/aromatic N) is 3. The van der Waals surface area contributed by atoms with E-state index in [9.17, 15) is 13.2 Å². The van der Waals surface area contributed by atoms with E-state index in [-0.39, 0.29) is 5.54 Å². The first-order chi connectivity index (χ1) is 8.22. The summed E-state index contributed by atoms with van der Waals surface area (Å²) in [6.45, 7) is 5.22. The summed E-state index contributed by atoms with van der Waals surface area (Å²) in [4.78, 5) is 1.83. The summed E-state index contributed by atoms with van der Waals surface area (Å²) in [5, 5.41) is 6.78. The Morgan fingerprint density at radius 3 is 2.28 bits per heavy atom. The van der Waals surface area contributed by atoms with Crippen molar-refractivity contribution < 1.29 is 13.2 Å². The summed E-state index contributed by atoms with van der Waals surface area (Å²) in [5.41, 5.74) is 4.84. The summed E-state index contributed by atoms with van der Waals surface area (Å²) in [6.07, 6.45) is -4.45. The van der Waals surface area contributed by atoms with E-state index in [0.717, 1.165) is 6.07 Å². The summed E-state index contributed by atoms with van der Waals surface area (Å²) in [6, 6.07) is 2.27. The number of hydrogen-bond donors (Lipinski definition) is 1. The minimum atomic E-state index is -4.45. The molecule has 0 saturated carbocycles. The van der Waals surface area contributed by atoms with Crippen LogP contribution in [0.4, 0.5) is 19.0 Å². The van der Waals surface area contributed by atoms with E-state index in [1.807, 2.05) is 18.7 Å². The third-order valence-corrected chi connectivity index (χ3v) is 3.39. The molecular weight excluding hydrogens is 245 g/mol. The largest absolute Gasteiger partial charge is 0.435 e. The minimum absolute atomic E-state index is 0.287. The van der Waals surface area contributed by atoms with Crippen molar-refractivity contribution in [3.05, 3.63) is 17.8 Å². The van der Waals surface area contributed by atoms with Gasteiger partial charge in [0.05, 0.1) is 5.54 Å². The van der Waals surface area contributed by atoms with Gasteiger partial charge in [0.25, 0.3) is 0 Å². The van der Waals surface area contributed by atoms with Crippen LogP contribution in [-0.4, -0.2) is 28.8 Å². The van der Waals surface area contributed by atoms with Gasteiger partial charge in [-0.25, -0.2) is 0 Å². The minimum Gasteiger partial charge on any atom is -0.351 e. The summed E-state index contributed by atoms with van der Waals surface area (Å²) in [5.74, 6) is 0.751. The Morgan fingerprint density at radius 1 is 1.28 bits per heavy atom. The second kappa shape index (κ2) is 4.08. The van der Waals surface area contributed by atoms with E-state index in [1.165, 1.54) is 6.07 Å². The Labute approximate surface area is 103 Å². The third kappa shape index (κ3) is 2.27. The van der Waals surface area contributed by atoms with Crippen molar-refractivity contribution in [1.82, 2.24) is 10.2 Å². The molecule has 100 valence electrons. The zero-order valence-electron chi connectivity index (χ0n) is 10.2. The normalized spacial score (nSPS) is 18.9. The first-order valence-corrected chi connectivity index (χ1v) is 5.67. The lowest BCUT2D eigenvalue weighted by molar-refractivity contribution is -0.141. The SMILES string of the molecule is CC(C)C1(N)CN(c2ccc(C(F)(F)F)nn2)C1. The van der Waals surface area contributed by atoms with Crippen molar-refractivity contribution in [2.75, 3.05) is 18.0 Å². The van der Waals surface area contributed by atoms with E-state index in [1.54, 1.807) is 0 Å². The average Bonchev–Trinajstić information content (AvgIpc) is 2.23. The lowest BCUT2D eigenvalue weighted by Gasteiger charge is -2.50. The molecule has 1 aliphatic heterocycles. The quantitative estimate of drug-likeness (QED) is 0.878. The molecule has 1 saturated heterocycles. The smallest absolute Gasteiger partial charge is 0.351 e. The number of anilines is 1. The Bertz CT molecular complexity index is 421. The molecule has 1 aromatic heterocycles. The van der Waals surface area contributed by atoms with Gasteiger partial charge in [-0.15, -0.1) is 10.2 Å². The zero-order valence-corrected chi connectivity index (χ0v) is 10.2. The van der Waals surface area contributed by atoms with Gasteiger partial charge < -0.3 is 10.6 Å². The summed E-state index contributed by atoms with van der Waals surface area (Å²) >= 11 is 0. The van der Waals surface area contributed by atoms with Gasteiger partial charge in [-0.3, -0.25) is 0 Å². The van der Waals surface area contributed by atoms with Gasteiger partial charge in [0.15, 0.2) is 11.5 Å². The molecule has 2 heterocycles. The monoisotopic (exact) mass is 260 g/mol. The molecule has 4 nitrogen and oxygen atoms in total. The first-order valence-electron chi connectivity index (χ1n) is 5.67. The maximum atomic E-state index is 12.3. The standard InChI is InChI=1S/C11H15F3N4/c1-7(2)10(15)5-18(6-10)9-4-3-8(16-17-9)11(12,13)14/h3-4,7H,5-6,15H2,1-2H3.